The van der Waals surface area contributed by atoms with Crippen molar-refractivity contribution < 1.29 is 23.1 Å². The molecule has 25 heavy (non-hydrogen) atoms. The molecule has 134 valence electrons. The van der Waals surface area contributed by atoms with Crippen molar-refractivity contribution >= 4 is 37.5 Å². The van der Waals surface area contributed by atoms with E-state index in [0.717, 1.165) is 18.9 Å². The van der Waals surface area contributed by atoms with E-state index in [0.29, 0.717) is 16.4 Å². The number of para-hydroxylation sites is 1. The van der Waals surface area contributed by atoms with Crippen molar-refractivity contribution in [3.63, 3.8) is 0 Å². The van der Waals surface area contributed by atoms with Crippen LogP contribution in [-0.4, -0.2) is 25.2 Å². The third-order valence-electron chi connectivity index (χ3n) is 3.25. The molecule has 8 heteroatoms. The Morgan fingerprint density at radius 3 is 2.48 bits per heavy atom. The van der Waals surface area contributed by atoms with E-state index in [1.807, 2.05) is 6.92 Å². The number of ether oxygens (including phenoxy) is 1. The van der Waals surface area contributed by atoms with Gasteiger partial charge in [0.15, 0.2) is 5.75 Å². The van der Waals surface area contributed by atoms with Gasteiger partial charge in [-0.25, -0.2) is 13.2 Å². The lowest BCUT2D eigenvalue weighted by Crippen LogP contribution is -2.04. The van der Waals surface area contributed by atoms with Gasteiger partial charge in [-0.1, -0.05) is 31.5 Å². The van der Waals surface area contributed by atoms with E-state index >= 15 is 0 Å². The highest BCUT2D eigenvalue weighted by Gasteiger charge is 2.24. The highest BCUT2D eigenvalue weighted by atomic mass is 35.7. The van der Waals surface area contributed by atoms with Crippen molar-refractivity contribution in [1.29, 1.82) is 0 Å². The van der Waals surface area contributed by atoms with Crippen LogP contribution in [0.3, 0.4) is 0 Å². The Kier molecular flexibility index (Phi) is 6.75. The number of rotatable bonds is 8. The first kappa shape index (κ1) is 19.6. The smallest absolute Gasteiger partial charge is 0.335 e. The molecule has 0 aliphatic heterocycles. The van der Waals surface area contributed by atoms with Crippen LogP contribution < -0.4 is 4.74 Å². The Morgan fingerprint density at radius 1 is 1.24 bits per heavy atom. The normalized spacial score (nSPS) is 11.3. The summed E-state index contributed by atoms with van der Waals surface area (Å²) in [6, 6.07) is 11.1. The van der Waals surface area contributed by atoms with Crippen molar-refractivity contribution in [2.24, 2.45) is 0 Å². The van der Waals surface area contributed by atoms with Crippen molar-refractivity contribution in [3.05, 3.63) is 48.0 Å². The van der Waals surface area contributed by atoms with Gasteiger partial charge in [-0.05, 0) is 36.4 Å². The standard InChI is InChI=1S/C17H17ClO5S2/c1-2-3-9-24-14-10-12(17(19)20)11-15(25(18,21)22)16(14)23-13-7-5-4-6-8-13/h4-8,10-11H,2-3,9H2,1H3,(H,19,20). The molecule has 5 nitrogen and oxygen atoms in total. The molecule has 2 aromatic carbocycles. The van der Waals surface area contributed by atoms with Crippen molar-refractivity contribution in [2.45, 2.75) is 29.6 Å². The molecule has 0 saturated carbocycles. The topological polar surface area (TPSA) is 80.7 Å². The van der Waals surface area contributed by atoms with E-state index in [4.69, 9.17) is 15.4 Å². The Hall–Kier alpha value is -1.70. The molecule has 0 bridgehead atoms. The lowest BCUT2D eigenvalue weighted by molar-refractivity contribution is 0.0696. The zero-order valence-electron chi connectivity index (χ0n) is 13.4. The van der Waals surface area contributed by atoms with Crippen LogP contribution in [0.4, 0.5) is 0 Å². The summed E-state index contributed by atoms with van der Waals surface area (Å²) in [7, 11) is 1.34. The Balaban J connectivity index is 2.59. The van der Waals surface area contributed by atoms with Gasteiger partial charge in [0.2, 0.25) is 0 Å². The van der Waals surface area contributed by atoms with Gasteiger partial charge >= 0.3 is 5.97 Å². The number of benzene rings is 2. The molecule has 0 amide bonds. The minimum Gasteiger partial charge on any atom is -0.478 e. The van der Waals surface area contributed by atoms with Crippen LogP contribution in [0.15, 0.2) is 52.3 Å². The zero-order chi connectivity index (χ0) is 18.4. The molecule has 2 aromatic rings. The van der Waals surface area contributed by atoms with Crippen molar-refractivity contribution in [2.75, 3.05) is 5.75 Å². The van der Waals surface area contributed by atoms with E-state index in [9.17, 15) is 18.3 Å². The lowest BCUT2D eigenvalue weighted by atomic mass is 10.2. The maximum atomic E-state index is 12.0. The fourth-order valence-corrected chi connectivity index (χ4v) is 4.22. The molecule has 0 spiro atoms. The second-order valence-corrected chi connectivity index (χ2v) is 8.83. The Labute approximate surface area is 155 Å². The predicted octanol–water partition coefficient (Wildman–Crippen LogP) is 5.00. The van der Waals surface area contributed by atoms with Crippen LogP contribution in [0.1, 0.15) is 30.1 Å². The average Bonchev–Trinajstić information content (AvgIpc) is 2.56. The largest absolute Gasteiger partial charge is 0.478 e. The first-order valence-corrected chi connectivity index (χ1v) is 10.8. The lowest BCUT2D eigenvalue weighted by Gasteiger charge is -2.15. The monoisotopic (exact) mass is 400 g/mol. The molecule has 2 rings (SSSR count). The molecule has 0 fully saturated rings. The van der Waals surface area contributed by atoms with Gasteiger partial charge in [0.1, 0.15) is 10.6 Å². The number of hydrogen-bond acceptors (Lipinski definition) is 5. The molecule has 0 saturated heterocycles. The van der Waals surface area contributed by atoms with E-state index in [1.54, 1.807) is 30.3 Å². The van der Waals surface area contributed by atoms with Gasteiger partial charge in [0.25, 0.3) is 9.05 Å². The number of carboxylic acids is 1. The van der Waals surface area contributed by atoms with Gasteiger partial charge in [0.05, 0.1) is 10.5 Å². The van der Waals surface area contributed by atoms with E-state index in [2.05, 4.69) is 0 Å². The molecule has 0 aliphatic rings. The molecular weight excluding hydrogens is 384 g/mol. The number of halogens is 1. The molecule has 0 unspecified atom stereocenters. The Bertz CT molecular complexity index is 851. The van der Waals surface area contributed by atoms with Crippen LogP contribution in [0, 0.1) is 0 Å². The number of carboxylic acid groups (broad SMARTS) is 1. The summed E-state index contributed by atoms with van der Waals surface area (Å²) in [4.78, 5) is 11.4. The summed E-state index contributed by atoms with van der Waals surface area (Å²) < 4.78 is 29.7. The first-order chi connectivity index (χ1) is 11.8. The SMILES string of the molecule is CCCCSc1cc(C(=O)O)cc(S(=O)(=O)Cl)c1Oc1ccccc1. The molecule has 1 N–H and O–H groups in total. The number of unbranched alkanes of at least 4 members (excludes halogenated alkanes) is 1. The maximum absolute atomic E-state index is 12.0. The molecule has 0 atom stereocenters. The summed E-state index contributed by atoms with van der Waals surface area (Å²) in [5.41, 5.74) is -0.154. The van der Waals surface area contributed by atoms with Crippen LogP contribution in [0.2, 0.25) is 0 Å². The predicted molar refractivity (Wildman–Crippen MR) is 98.6 cm³/mol. The summed E-state index contributed by atoms with van der Waals surface area (Å²) in [6.45, 7) is 2.03. The van der Waals surface area contributed by atoms with Crippen LogP contribution in [-0.2, 0) is 9.05 Å². The maximum Gasteiger partial charge on any atom is 0.335 e. The number of carbonyl (C=O) groups is 1. The van der Waals surface area contributed by atoms with Gasteiger partial charge in [-0.15, -0.1) is 11.8 Å². The summed E-state index contributed by atoms with van der Waals surface area (Å²) in [5.74, 6) is -0.0473. The Morgan fingerprint density at radius 2 is 1.92 bits per heavy atom. The highest BCUT2D eigenvalue weighted by molar-refractivity contribution is 8.13. The van der Waals surface area contributed by atoms with Gasteiger partial charge in [0, 0.05) is 10.7 Å². The third-order valence-corrected chi connectivity index (χ3v) is 5.68. The van der Waals surface area contributed by atoms with Crippen LogP contribution >= 0.6 is 22.4 Å². The summed E-state index contributed by atoms with van der Waals surface area (Å²) >= 11 is 1.34. The molecule has 0 aliphatic carbocycles. The van der Waals surface area contributed by atoms with Crippen LogP contribution in [0.5, 0.6) is 11.5 Å². The van der Waals surface area contributed by atoms with Gasteiger partial charge in [-0.2, -0.15) is 0 Å². The summed E-state index contributed by atoms with van der Waals surface area (Å²) in [6.07, 6.45) is 1.86. The average molecular weight is 401 g/mol. The van der Waals surface area contributed by atoms with Crippen molar-refractivity contribution in [1.82, 2.24) is 0 Å². The fraction of sp³-hybridized carbons (Fsp3) is 0.235. The molecule has 0 heterocycles. The fourth-order valence-electron chi connectivity index (χ4n) is 2.02. The number of thioether (sulfide) groups is 1. The highest BCUT2D eigenvalue weighted by Crippen LogP contribution is 2.41. The minimum atomic E-state index is -4.19. The molecule has 0 radical (unpaired) electrons. The number of hydrogen-bond donors (Lipinski definition) is 1. The second kappa shape index (κ2) is 8.60. The molecule has 0 aromatic heterocycles. The minimum absolute atomic E-state index is 0.0484. The van der Waals surface area contributed by atoms with Crippen molar-refractivity contribution in [3.8, 4) is 11.5 Å². The van der Waals surface area contributed by atoms with Gasteiger partial charge in [-0.3, -0.25) is 0 Å². The zero-order valence-corrected chi connectivity index (χ0v) is 15.8. The first-order valence-electron chi connectivity index (χ1n) is 7.54. The molecular formula is C17H17ClO5S2. The van der Waals surface area contributed by atoms with E-state index in [1.165, 1.54) is 17.8 Å². The second-order valence-electron chi connectivity index (χ2n) is 5.16. The third kappa shape index (κ3) is 5.39. The number of aromatic carboxylic acids is 1. The summed E-state index contributed by atoms with van der Waals surface area (Å²) in [5, 5.41) is 9.26. The van der Waals surface area contributed by atoms with Gasteiger partial charge < -0.3 is 9.84 Å². The van der Waals surface area contributed by atoms with E-state index in [-0.39, 0.29) is 16.2 Å². The van der Waals surface area contributed by atoms with Crippen LogP contribution in [0.25, 0.3) is 0 Å². The van der Waals surface area contributed by atoms with E-state index < -0.39 is 15.0 Å². The quantitative estimate of drug-likeness (QED) is 0.381.